The van der Waals surface area contributed by atoms with E-state index < -0.39 is 12.3 Å². The number of fused-ring (bicyclic) bond motifs is 3. The number of hydrogen-bond donors (Lipinski definition) is 2. The van der Waals surface area contributed by atoms with Gasteiger partial charge >= 0.3 is 12.3 Å². The molecule has 2 aromatic carbocycles. The van der Waals surface area contributed by atoms with E-state index in [1.807, 2.05) is 18.2 Å². The van der Waals surface area contributed by atoms with Crippen LogP contribution in [0.4, 0.5) is 24.9 Å². The minimum absolute atomic E-state index is 0.0504. The highest BCUT2D eigenvalue weighted by Gasteiger charge is 2.35. The number of aryl methyl sites for hydroxylation is 1. The molecule has 11 nitrogen and oxygen atoms in total. The smallest absolute Gasteiger partial charge is 0.496 e. The second-order valence-electron chi connectivity index (χ2n) is 11.7. The number of nitrogens with zero attached hydrogens (tertiary/aromatic N) is 4. The average molecular weight is 644 g/mol. The Bertz CT molecular complexity index is 1570. The summed E-state index contributed by atoms with van der Waals surface area (Å²) in [5.74, 6) is 0.544. The van der Waals surface area contributed by atoms with Gasteiger partial charge in [0, 0.05) is 55.5 Å². The normalized spacial score (nSPS) is 19.5. The monoisotopic (exact) mass is 643 g/mol. The fourth-order valence-corrected chi connectivity index (χ4v) is 6.20. The number of aliphatic carboxylic acids is 1. The molecule has 0 amide bonds. The molecular weight excluding hydrogens is 607 g/mol. The molecule has 3 N–H and O–H groups in total. The van der Waals surface area contributed by atoms with Crippen LogP contribution < -0.4 is 24.8 Å². The number of piperazine rings is 1. The van der Waals surface area contributed by atoms with E-state index in [-0.39, 0.29) is 36.1 Å². The molecule has 2 heterocycles. The molecule has 1 aliphatic heterocycles. The summed E-state index contributed by atoms with van der Waals surface area (Å²) in [5.41, 5.74) is 10.7. The van der Waals surface area contributed by atoms with E-state index in [0.717, 1.165) is 73.8 Å². The van der Waals surface area contributed by atoms with E-state index in [9.17, 15) is 18.0 Å². The van der Waals surface area contributed by atoms with E-state index in [1.165, 1.54) is 25.3 Å². The molecule has 246 valence electrons. The largest absolute Gasteiger partial charge is 0.573 e. The third-order valence-corrected chi connectivity index (χ3v) is 8.74. The lowest BCUT2D eigenvalue weighted by Gasteiger charge is -2.38. The van der Waals surface area contributed by atoms with Gasteiger partial charge in [0.2, 0.25) is 5.95 Å². The second-order valence-corrected chi connectivity index (χ2v) is 11.7. The van der Waals surface area contributed by atoms with E-state index in [0.29, 0.717) is 30.8 Å². The first-order valence-corrected chi connectivity index (χ1v) is 15.2. The molecule has 1 aromatic heterocycles. The molecule has 46 heavy (non-hydrogen) atoms. The first-order valence-electron chi connectivity index (χ1n) is 15.2. The van der Waals surface area contributed by atoms with Gasteiger partial charge in [-0.2, -0.15) is 4.98 Å². The summed E-state index contributed by atoms with van der Waals surface area (Å²) in [5, 5.41) is 9.03. The number of methoxy groups -OCH3 is 1. The van der Waals surface area contributed by atoms with Crippen LogP contribution in [0.25, 0.3) is 11.3 Å². The number of carboxylic acids is 1. The highest BCUT2D eigenvalue weighted by Crippen LogP contribution is 2.39. The number of benzene rings is 2. The van der Waals surface area contributed by atoms with E-state index in [1.54, 1.807) is 0 Å². The molecule has 1 saturated heterocycles. The van der Waals surface area contributed by atoms with Gasteiger partial charge in [-0.15, -0.1) is 13.2 Å². The van der Waals surface area contributed by atoms with Crippen molar-refractivity contribution < 1.29 is 42.0 Å². The van der Waals surface area contributed by atoms with Crippen LogP contribution in [0.5, 0.6) is 17.2 Å². The predicted octanol–water partition coefficient (Wildman–Crippen LogP) is 4.31. The van der Waals surface area contributed by atoms with E-state index in [2.05, 4.69) is 24.5 Å². The summed E-state index contributed by atoms with van der Waals surface area (Å²) in [4.78, 5) is 24.9. The van der Waals surface area contributed by atoms with Gasteiger partial charge in [-0.1, -0.05) is 0 Å². The summed E-state index contributed by atoms with van der Waals surface area (Å²) < 4.78 is 58.9. The molecule has 3 aromatic rings. The Morgan fingerprint density at radius 2 is 1.80 bits per heavy atom. The molecule has 0 spiro atoms. The highest BCUT2D eigenvalue weighted by molar-refractivity contribution is 5.76. The van der Waals surface area contributed by atoms with Crippen molar-refractivity contribution in [1.29, 1.82) is 0 Å². The molecule has 0 radical (unpaired) electrons. The molecule has 14 heteroatoms. The zero-order valence-corrected chi connectivity index (χ0v) is 25.4. The van der Waals surface area contributed by atoms with Crippen LogP contribution in [0.3, 0.4) is 0 Å². The third-order valence-electron chi connectivity index (χ3n) is 8.74. The van der Waals surface area contributed by atoms with Crippen molar-refractivity contribution in [2.45, 2.75) is 44.8 Å². The number of halogens is 3. The van der Waals surface area contributed by atoms with E-state index >= 15 is 0 Å². The number of alkyl halides is 3. The molecule has 3 aliphatic rings. The fraction of sp³-hybridized carbons (Fsp3) is 0.469. The van der Waals surface area contributed by atoms with Crippen molar-refractivity contribution in [3.8, 4) is 28.5 Å². The first-order chi connectivity index (χ1) is 22.1. The third kappa shape index (κ3) is 7.23. The molecule has 2 aliphatic carbocycles. The predicted molar refractivity (Wildman–Crippen MR) is 162 cm³/mol. The van der Waals surface area contributed by atoms with Gasteiger partial charge in [-0.05, 0) is 61.6 Å². The standard InChI is InChI=1S/C32H36F3N5O6/c1-43-27-17-23(46-32(33,34)35)4-2-20(27)18-45-22-5-7-25-19(14-22)3-6-26-28(25)37-31(36)38-29(26)40-10-8-39(9-11-40)12-13-44-24-15-21(16-24)30(41)42/h2,4-5,7,14,17,21,24H,3,6,8-13,15-16,18H2,1H3,(H,41,42)(H2,36,37,38). The van der Waals surface area contributed by atoms with Gasteiger partial charge in [0.1, 0.15) is 29.7 Å². The van der Waals surface area contributed by atoms with Crippen molar-refractivity contribution in [2.75, 3.05) is 57.1 Å². The number of nitrogen functional groups attached to an aromatic ring is 1. The average Bonchev–Trinajstić information content (AvgIpc) is 3.00. The number of nitrogens with two attached hydrogens (primary N) is 1. The van der Waals surface area contributed by atoms with Crippen molar-refractivity contribution in [3.63, 3.8) is 0 Å². The maximum Gasteiger partial charge on any atom is 0.573 e. The van der Waals surface area contributed by atoms with Crippen LogP contribution >= 0.6 is 0 Å². The SMILES string of the molecule is COc1cc(OC(F)(F)F)ccc1COc1ccc2c(c1)CCc1c-2nc(N)nc1N1CCN(CCOC2CC(C(=O)O)C2)CC1. The lowest BCUT2D eigenvalue weighted by atomic mass is 9.82. The van der Waals surface area contributed by atoms with Crippen LogP contribution in [-0.2, 0) is 29.0 Å². The molecule has 1 saturated carbocycles. The lowest BCUT2D eigenvalue weighted by molar-refractivity contribution is -0.274. The van der Waals surface area contributed by atoms with Crippen molar-refractivity contribution in [2.24, 2.45) is 5.92 Å². The Balaban J connectivity index is 1.07. The van der Waals surface area contributed by atoms with Crippen LogP contribution in [0.15, 0.2) is 36.4 Å². The molecule has 2 fully saturated rings. The van der Waals surface area contributed by atoms with Gasteiger partial charge in [0.25, 0.3) is 0 Å². The Morgan fingerprint density at radius 3 is 2.52 bits per heavy atom. The second kappa shape index (κ2) is 13.2. The number of hydrogen-bond acceptors (Lipinski definition) is 10. The molecule has 0 unspecified atom stereocenters. The Hall–Kier alpha value is -4.30. The minimum atomic E-state index is -4.79. The molecule has 0 bridgehead atoms. The maximum absolute atomic E-state index is 12.6. The van der Waals surface area contributed by atoms with Crippen molar-refractivity contribution in [3.05, 3.63) is 53.1 Å². The maximum atomic E-state index is 12.6. The quantitative estimate of drug-likeness (QED) is 0.310. The number of anilines is 2. The molecule has 0 atom stereocenters. The van der Waals surface area contributed by atoms with Gasteiger partial charge in [0.05, 0.1) is 31.4 Å². The van der Waals surface area contributed by atoms with Crippen molar-refractivity contribution >= 4 is 17.7 Å². The lowest BCUT2D eigenvalue weighted by Crippen LogP contribution is -2.48. The number of rotatable bonds is 11. The Labute approximate surface area is 264 Å². The zero-order valence-electron chi connectivity index (χ0n) is 25.4. The summed E-state index contributed by atoms with van der Waals surface area (Å²) in [6, 6.07) is 9.64. The van der Waals surface area contributed by atoms with Crippen LogP contribution in [0, 0.1) is 5.92 Å². The number of ether oxygens (including phenoxy) is 4. The van der Waals surface area contributed by atoms with Crippen LogP contribution in [0.1, 0.15) is 29.5 Å². The zero-order chi connectivity index (χ0) is 32.4. The molecular formula is C32H36F3N5O6. The van der Waals surface area contributed by atoms with Gasteiger partial charge in [-0.25, -0.2) is 4.98 Å². The minimum Gasteiger partial charge on any atom is -0.496 e. The van der Waals surface area contributed by atoms with Gasteiger partial charge < -0.3 is 34.7 Å². The first kappa shape index (κ1) is 31.7. The summed E-state index contributed by atoms with van der Waals surface area (Å²) >= 11 is 0. The Morgan fingerprint density at radius 1 is 1.04 bits per heavy atom. The number of carboxylic acid groups (broad SMARTS) is 1. The van der Waals surface area contributed by atoms with Crippen LogP contribution in [0.2, 0.25) is 0 Å². The number of carbonyl (C=O) groups is 1. The fourth-order valence-electron chi connectivity index (χ4n) is 6.20. The number of aromatic nitrogens is 2. The topological polar surface area (TPSA) is 132 Å². The van der Waals surface area contributed by atoms with E-state index in [4.69, 9.17) is 25.1 Å². The summed E-state index contributed by atoms with van der Waals surface area (Å²) in [6.07, 6.45) is -2.06. The Kier molecular flexibility index (Phi) is 9.09. The molecule has 6 rings (SSSR count). The summed E-state index contributed by atoms with van der Waals surface area (Å²) in [6.45, 7) is 4.77. The van der Waals surface area contributed by atoms with Crippen LogP contribution in [-0.4, -0.2) is 84.9 Å². The highest BCUT2D eigenvalue weighted by atomic mass is 19.4. The van der Waals surface area contributed by atoms with Gasteiger partial charge in [-0.3, -0.25) is 9.69 Å². The van der Waals surface area contributed by atoms with Gasteiger partial charge in [0.15, 0.2) is 0 Å². The summed E-state index contributed by atoms with van der Waals surface area (Å²) in [7, 11) is 1.38. The van der Waals surface area contributed by atoms with Crippen molar-refractivity contribution in [1.82, 2.24) is 14.9 Å².